The van der Waals surface area contributed by atoms with Gasteiger partial charge in [0, 0.05) is 6.54 Å². The van der Waals surface area contributed by atoms with Crippen LogP contribution in [0.4, 0.5) is 0 Å². The second kappa shape index (κ2) is 8.27. The van der Waals surface area contributed by atoms with Gasteiger partial charge < -0.3 is 9.84 Å². The van der Waals surface area contributed by atoms with Crippen LogP contribution in [0.5, 0.6) is 11.5 Å². The number of piperidine rings is 1. The van der Waals surface area contributed by atoms with E-state index in [-0.39, 0.29) is 11.5 Å². The van der Waals surface area contributed by atoms with Crippen LogP contribution in [0.15, 0.2) is 36.1 Å². The lowest BCUT2D eigenvalue weighted by molar-refractivity contribution is 0.101. The SMILES string of the molecule is Cc1cc(O)c(CN2CCC(C)CC2)c2c1C(=O)/C(=C/c1ccc(C(C)C)cc1)O2. The van der Waals surface area contributed by atoms with E-state index >= 15 is 0 Å². The topological polar surface area (TPSA) is 49.8 Å². The molecule has 2 aromatic rings. The molecular weight excluding hydrogens is 374 g/mol. The predicted octanol–water partition coefficient (Wildman–Crippen LogP) is 5.67. The zero-order chi connectivity index (χ0) is 21.4. The summed E-state index contributed by atoms with van der Waals surface area (Å²) in [5.74, 6) is 2.16. The van der Waals surface area contributed by atoms with Crippen molar-refractivity contribution in [3.05, 3.63) is 63.9 Å². The molecule has 0 saturated carbocycles. The first-order valence-electron chi connectivity index (χ1n) is 11.0. The molecule has 0 unspecified atom stereocenters. The highest BCUT2D eigenvalue weighted by Gasteiger charge is 2.34. The van der Waals surface area contributed by atoms with Crippen molar-refractivity contribution in [2.24, 2.45) is 5.92 Å². The lowest BCUT2D eigenvalue weighted by Gasteiger charge is -2.30. The van der Waals surface area contributed by atoms with E-state index in [1.807, 2.05) is 19.1 Å². The summed E-state index contributed by atoms with van der Waals surface area (Å²) in [7, 11) is 0. The quantitative estimate of drug-likeness (QED) is 0.666. The van der Waals surface area contributed by atoms with Crippen LogP contribution in [0.25, 0.3) is 6.08 Å². The van der Waals surface area contributed by atoms with Gasteiger partial charge in [-0.1, -0.05) is 45.0 Å². The van der Waals surface area contributed by atoms with Crippen LogP contribution in [0, 0.1) is 12.8 Å². The summed E-state index contributed by atoms with van der Waals surface area (Å²) in [6, 6.07) is 9.90. The number of hydrogen-bond donors (Lipinski definition) is 1. The number of ketones is 1. The van der Waals surface area contributed by atoms with Crippen molar-refractivity contribution in [1.82, 2.24) is 4.90 Å². The van der Waals surface area contributed by atoms with E-state index in [9.17, 15) is 9.90 Å². The third-order valence-electron chi connectivity index (χ3n) is 6.38. The Kier molecular flexibility index (Phi) is 5.70. The fraction of sp³-hybridized carbons (Fsp3) is 0.423. The van der Waals surface area contributed by atoms with Gasteiger partial charge in [0.05, 0.1) is 11.1 Å². The molecule has 0 bridgehead atoms. The maximum atomic E-state index is 13.1. The lowest BCUT2D eigenvalue weighted by Crippen LogP contribution is -2.32. The molecule has 1 saturated heterocycles. The van der Waals surface area contributed by atoms with Crippen molar-refractivity contribution >= 4 is 11.9 Å². The second-order valence-corrected chi connectivity index (χ2v) is 9.12. The van der Waals surface area contributed by atoms with Gasteiger partial charge in [-0.05, 0) is 73.5 Å². The maximum absolute atomic E-state index is 13.1. The van der Waals surface area contributed by atoms with Crippen LogP contribution in [0.2, 0.25) is 0 Å². The molecule has 0 radical (unpaired) electrons. The number of likely N-dealkylation sites (tertiary alicyclic amines) is 1. The smallest absolute Gasteiger partial charge is 0.232 e. The zero-order valence-corrected chi connectivity index (χ0v) is 18.4. The van der Waals surface area contributed by atoms with Gasteiger partial charge in [-0.2, -0.15) is 0 Å². The first-order chi connectivity index (χ1) is 14.3. The van der Waals surface area contributed by atoms with Crippen molar-refractivity contribution in [3.63, 3.8) is 0 Å². The van der Waals surface area contributed by atoms with Crippen molar-refractivity contribution in [2.45, 2.75) is 53.0 Å². The van der Waals surface area contributed by atoms with Gasteiger partial charge in [-0.25, -0.2) is 0 Å². The molecular formula is C26H31NO3. The van der Waals surface area contributed by atoms with Gasteiger partial charge in [0.2, 0.25) is 5.78 Å². The second-order valence-electron chi connectivity index (χ2n) is 9.12. The Bertz CT molecular complexity index is 980. The molecule has 1 fully saturated rings. The van der Waals surface area contributed by atoms with Gasteiger partial charge >= 0.3 is 0 Å². The molecule has 0 amide bonds. The summed E-state index contributed by atoms with van der Waals surface area (Å²) >= 11 is 0. The van der Waals surface area contributed by atoms with Crippen molar-refractivity contribution in [3.8, 4) is 11.5 Å². The number of allylic oxidation sites excluding steroid dienone is 1. The van der Waals surface area contributed by atoms with Crippen LogP contribution in [0.1, 0.15) is 72.1 Å². The van der Waals surface area contributed by atoms with Gasteiger partial charge in [0.15, 0.2) is 5.76 Å². The molecule has 30 heavy (non-hydrogen) atoms. The van der Waals surface area contributed by atoms with Gasteiger partial charge in [0.1, 0.15) is 11.5 Å². The molecule has 158 valence electrons. The molecule has 2 aliphatic rings. The summed E-state index contributed by atoms with van der Waals surface area (Å²) < 4.78 is 6.08. The van der Waals surface area contributed by atoms with E-state index in [1.165, 1.54) is 5.56 Å². The zero-order valence-electron chi connectivity index (χ0n) is 18.4. The summed E-state index contributed by atoms with van der Waals surface area (Å²) in [6.45, 7) is 11.1. The third-order valence-corrected chi connectivity index (χ3v) is 6.38. The van der Waals surface area contributed by atoms with E-state index in [0.717, 1.165) is 48.5 Å². The van der Waals surface area contributed by atoms with Gasteiger partial charge in [-0.3, -0.25) is 9.69 Å². The molecule has 4 nitrogen and oxygen atoms in total. The van der Waals surface area contributed by atoms with E-state index < -0.39 is 0 Å². The van der Waals surface area contributed by atoms with Gasteiger partial charge in [0.25, 0.3) is 0 Å². The number of aryl methyl sites for hydroxylation is 1. The van der Waals surface area contributed by atoms with E-state index in [4.69, 9.17) is 4.74 Å². The Hall–Kier alpha value is -2.59. The molecule has 4 rings (SSSR count). The minimum atomic E-state index is -0.107. The molecule has 0 spiro atoms. The number of ether oxygens (including phenoxy) is 1. The highest BCUT2D eigenvalue weighted by Crippen LogP contribution is 2.42. The van der Waals surface area contributed by atoms with Crippen LogP contribution in [0.3, 0.4) is 0 Å². The van der Waals surface area contributed by atoms with Crippen molar-refractivity contribution < 1.29 is 14.6 Å². The number of nitrogens with zero attached hydrogens (tertiary/aromatic N) is 1. The van der Waals surface area contributed by atoms with Crippen LogP contribution in [-0.4, -0.2) is 28.9 Å². The number of fused-ring (bicyclic) bond motifs is 1. The Morgan fingerprint density at radius 2 is 1.87 bits per heavy atom. The molecule has 2 aliphatic heterocycles. The first kappa shape index (κ1) is 20.7. The summed E-state index contributed by atoms with van der Waals surface area (Å²) in [5, 5.41) is 10.6. The van der Waals surface area contributed by atoms with Crippen LogP contribution < -0.4 is 4.74 Å². The molecule has 0 aromatic heterocycles. The number of carbonyl (C=O) groups excluding carboxylic acids is 1. The monoisotopic (exact) mass is 405 g/mol. The average molecular weight is 406 g/mol. The van der Waals surface area contributed by atoms with E-state index in [2.05, 4.69) is 37.8 Å². The standard InChI is InChI=1S/C26H31NO3/c1-16(2)20-7-5-19(6-8-20)14-23-25(29)24-18(4)13-22(28)21(26(24)30-23)15-27-11-9-17(3)10-12-27/h5-8,13-14,16-17,28H,9-12,15H2,1-4H3/b23-14-. The molecule has 0 atom stereocenters. The number of Topliss-reactive ketones (excluding diaryl/α,β-unsaturated/α-hetero) is 1. The summed E-state index contributed by atoms with van der Waals surface area (Å²) in [4.78, 5) is 15.4. The molecule has 1 N–H and O–H groups in total. The number of hydrogen-bond acceptors (Lipinski definition) is 4. The largest absolute Gasteiger partial charge is 0.507 e. The number of phenols is 1. The lowest BCUT2D eigenvalue weighted by atomic mass is 9.96. The predicted molar refractivity (Wildman–Crippen MR) is 120 cm³/mol. The van der Waals surface area contributed by atoms with Crippen LogP contribution in [-0.2, 0) is 6.54 Å². The molecule has 2 heterocycles. The number of rotatable bonds is 4. The average Bonchev–Trinajstić information content (AvgIpc) is 3.03. The van der Waals surface area contributed by atoms with E-state index in [0.29, 0.717) is 29.5 Å². The van der Waals surface area contributed by atoms with Crippen LogP contribution >= 0.6 is 0 Å². The minimum Gasteiger partial charge on any atom is -0.507 e. The Balaban J connectivity index is 1.63. The number of benzene rings is 2. The first-order valence-corrected chi connectivity index (χ1v) is 11.0. The van der Waals surface area contributed by atoms with Gasteiger partial charge in [-0.15, -0.1) is 0 Å². The highest BCUT2D eigenvalue weighted by molar-refractivity contribution is 6.15. The number of phenolic OH excluding ortho intramolecular Hbond substituents is 1. The Morgan fingerprint density at radius 3 is 2.50 bits per heavy atom. The maximum Gasteiger partial charge on any atom is 0.232 e. The number of aromatic hydroxyl groups is 1. The normalized spacial score (nSPS) is 18.8. The fourth-order valence-electron chi connectivity index (χ4n) is 4.31. The molecule has 4 heteroatoms. The van der Waals surface area contributed by atoms with Crippen molar-refractivity contribution in [1.29, 1.82) is 0 Å². The third kappa shape index (κ3) is 4.01. The number of carbonyl (C=O) groups is 1. The highest BCUT2D eigenvalue weighted by atomic mass is 16.5. The minimum absolute atomic E-state index is 0.107. The van der Waals surface area contributed by atoms with Crippen molar-refractivity contribution in [2.75, 3.05) is 13.1 Å². The summed E-state index contributed by atoms with van der Waals surface area (Å²) in [5.41, 5.74) is 4.25. The van der Waals surface area contributed by atoms with E-state index in [1.54, 1.807) is 12.1 Å². The summed E-state index contributed by atoms with van der Waals surface area (Å²) in [6.07, 6.45) is 4.12. The Morgan fingerprint density at radius 1 is 1.20 bits per heavy atom. The molecule has 2 aromatic carbocycles. The Labute approximate surface area is 179 Å². The molecule has 0 aliphatic carbocycles. The fourth-order valence-corrected chi connectivity index (χ4v) is 4.31.